The molecule has 2 aromatic rings. The molecule has 3 rings (SSSR count). The van der Waals surface area contributed by atoms with Crippen LogP contribution in [0.25, 0.3) is 11.2 Å². The molecule has 2 N–H and O–H groups in total. The van der Waals surface area contributed by atoms with Gasteiger partial charge >= 0.3 is 0 Å². The summed E-state index contributed by atoms with van der Waals surface area (Å²) < 4.78 is 0. The minimum Gasteiger partial charge on any atom is -0.340 e. The van der Waals surface area contributed by atoms with Gasteiger partial charge in [0.25, 0.3) is 0 Å². The van der Waals surface area contributed by atoms with Gasteiger partial charge in [0.2, 0.25) is 0 Å². The molecule has 0 saturated carbocycles. The molecular weight excluding hydrogens is 190 g/mol. The molecule has 78 valence electrons. The van der Waals surface area contributed by atoms with Crippen LogP contribution in [0.15, 0.2) is 12.3 Å². The van der Waals surface area contributed by atoms with Crippen molar-refractivity contribution in [3.05, 3.63) is 18.1 Å². The van der Waals surface area contributed by atoms with Gasteiger partial charge in [0.1, 0.15) is 5.82 Å². The van der Waals surface area contributed by atoms with Gasteiger partial charge in [-0.1, -0.05) is 0 Å². The lowest BCUT2D eigenvalue weighted by Crippen LogP contribution is -2.11. The monoisotopic (exact) mass is 203 g/mol. The summed E-state index contributed by atoms with van der Waals surface area (Å²) >= 11 is 0. The second-order valence-corrected chi connectivity index (χ2v) is 4.01. The highest BCUT2D eigenvalue weighted by molar-refractivity contribution is 5.69. The van der Waals surface area contributed by atoms with Crippen molar-refractivity contribution in [2.24, 2.45) is 5.92 Å². The van der Waals surface area contributed by atoms with Crippen LogP contribution in [0.2, 0.25) is 0 Å². The number of hydrogen-bond acceptors (Lipinski definition) is 4. The van der Waals surface area contributed by atoms with Crippen LogP contribution in [0.3, 0.4) is 0 Å². The second kappa shape index (κ2) is 3.58. The molecule has 1 aliphatic heterocycles. The van der Waals surface area contributed by atoms with Crippen LogP contribution in [0, 0.1) is 5.92 Å². The van der Waals surface area contributed by atoms with Crippen LogP contribution in [0.5, 0.6) is 0 Å². The summed E-state index contributed by atoms with van der Waals surface area (Å²) in [4.78, 5) is 7.70. The van der Waals surface area contributed by atoms with Crippen LogP contribution in [0.1, 0.15) is 12.2 Å². The quantitative estimate of drug-likeness (QED) is 0.746. The van der Waals surface area contributed by atoms with Crippen LogP contribution < -0.4 is 5.32 Å². The molecule has 0 aromatic carbocycles. The van der Waals surface area contributed by atoms with E-state index >= 15 is 0 Å². The zero-order valence-corrected chi connectivity index (χ0v) is 8.40. The van der Waals surface area contributed by atoms with E-state index in [0.717, 1.165) is 36.5 Å². The van der Waals surface area contributed by atoms with E-state index in [1.54, 1.807) is 6.20 Å². The van der Waals surface area contributed by atoms with Crippen molar-refractivity contribution in [1.29, 1.82) is 0 Å². The number of rotatable bonds is 2. The van der Waals surface area contributed by atoms with Gasteiger partial charge in [-0.3, -0.25) is 0 Å². The normalized spacial score (nSPS) is 21.2. The van der Waals surface area contributed by atoms with Gasteiger partial charge < -0.3 is 10.3 Å². The number of hydrogen-bond donors (Lipinski definition) is 2. The fourth-order valence-corrected chi connectivity index (χ4v) is 2.07. The molecule has 0 aliphatic carbocycles. The van der Waals surface area contributed by atoms with Crippen LogP contribution in [0.4, 0.5) is 0 Å². The van der Waals surface area contributed by atoms with Crippen molar-refractivity contribution in [3.8, 4) is 0 Å². The third kappa shape index (κ3) is 1.70. The molecule has 1 unspecified atom stereocenters. The minimum absolute atomic E-state index is 0.707. The van der Waals surface area contributed by atoms with E-state index in [1.807, 2.05) is 6.07 Å². The van der Waals surface area contributed by atoms with Crippen molar-refractivity contribution < 1.29 is 0 Å². The van der Waals surface area contributed by atoms with E-state index in [4.69, 9.17) is 0 Å². The van der Waals surface area contributed by atoms with Crippen molar-refractivity contribution in [2.75, 3.05) is 13.1 Å². The number of imidazole rings is 1. The summed E-state index contributed by atoms with van der Waals surface area (Å²) in [7, 11) is 0. The highest BCUT2D eigenvalue weighted by Crippen LogP contribution is 2.15. The number of fused-ring (bicyclic) bond motifs is 1. The molecule has 1 saturated heterocycles. The molecule has 1 atom stereocenters. The van der Waals surface area contributed by atoms with Gasteiger partial charge in [0.05, 0.1) is 11.7 Å². The topological polar surface area (TPSA) is 66.5 Å². The molecular formula is C10H13N5. The standard InChI is InChI=1S/C10H13N5/c1-3-11-6-7(1)5-9-13-8-2-4-12-15-10(8)14-9/h2,4,7,11H,1,3,5-6H2,(H,13,14,15). The van der Waals surface area contributed by atoms with Crippen molar-refractivity contribution >= 4 is 11.2 Å². The van der Waals surface area contributed by atoms with Gasteiger partial charge in [-0.2, -0.15) is 5.10 Å². The lowest BCUT2D eigenvalue weighted by atomic mass is 10.1. The lowest BCUT2D eigenvalue weighted by molar-refractivity contribution is 0.565. The fraction of sp³-hybridized carbons (Fsp3) is 0.500. The van der Waals surface area contributed by atoms with E-state index < -0.39 is 0 Å². The Morgan fingerprint density at radius 1 is 1.47 bits per heavy atom. The summed E-state index contributed by atoms with van der Waals surface area (Å²) in [5.41, 5.74) is 1.70. The Morgan fingerprint density at radius 2 is 2.47 bits per heavy atom. The third-order valence-corrected chi connectivity index (χ3v) is 2.87. The Kier molecular flexibility index (Phi) is 2.10. The highest BCUT2D eigenvalue weighted by atomic mass is 15.1. The first-order chi connectivity index (χ1) is 7.42. The fourth-order valence-electron chi connectivity index (χ4n) is 2.07. The first-order valence-corrected chi connectivity index (χ1v) is 5.29. The van der Waals surface area contributed by atoms with Crippen LogP contribution in [-0.4, -0.2) is 33.3 Å². The lowest BCUT2D eigenvalue weighted by Gasteiger charge is -2.03. The van der Waals surface area contributed by atoms with E-state index in [-0.39, 0.29) is 0 Å². The van der Waals surface area contributed by atoms with Crippen molar-refractivity contribution in [3.63, 3.8) is 0 Å². The number of aromatic nitrogens is 4. The molecule has 1 aliphatic rings. The zero-order chi connectivity index (χ0) is 10.1. The van der Waals surface area contributed by atoms with E-state index in [9.17, 15) is 0 Å². The minimum atomic E-state index is 0.707. The maximum absolute atomic E-state index is 4.42. The van der Waals surface area contributed by atoms with Crippen molar-refractivity contribution in [2.45, 2.75) is 12.8 Å². The Bertz CT molecular complexity index is 425. The van der Waals surface area contributed by atoms with Gasteiger partial charge in [-0.25, -0.2) is 4.98 Å². The molecule has 2 aromatic heterocycles. The summed E-state index contributed by atoms with van der Waals surface area (Å²) in [6, 6.07) is 1.91. The van der Waals surface area contributed by atoms with Gasteiger partial charge in [-0.15, -0.1) is 5.10 Å². The maximum atomic E-state index is 4.42. The molecule has 0 radical (unpaired) electrons. The van der Waals surface area contributed by atoms with E-state index in [1.165, 1.54) is 6.42 Å². The molecule has 5 heteroatoms. The Labute approximate surface area is 87.3 Å². The molecule has 15 heavy (non-hydrogen) atoms. The SMILES string of the molecule is c1cc2[nH]c(CC3CCNC3)nc2nn1. The zero-order valence-electron chi connectivity index (χ0n) is 8.40. The van der Waals surface area contributed by atoms with Crippen LogP contribution in [-0.2, 0) is 6.42 Å². The smallest absolute Gasteiger partial charge is 0.199 e. The Balaban J connectivity index is 1.84. The summed E-state index contributed by atoms with van der Waals surface area (Å²) in [5, 5.41) is 11.1. The molecule has 3 heterocycles. The summed E-state index contributed by atoms with van der Waals surface area (Å²) in [6.07, 6.45) is 3.92. The predicted octanol–water partition coefficient (Wildman–Crippen LogP) is 0.505. The molecule has 5 nitrogen and oxygen atoms in total. The van der Waals surface area contributed by atoms with Gasteiger partial charge in [-0.05, 0) is 31.5 Å². The van der Waals surface area contributed by atoms with Gasteiger partial charge in [0.15, 0.2) is 5.65 Å². The average Bonchev–Trinajstić information content (AvgIpc) is 2.86. The number of aromatic amines is 1. The predicted molar refractivity (Wildman–Crippen MR) is 56.4 cm³/mol. The van der Waals surface area contributed by atoms with Crippen molar-refractivity contribution in [1.82, 2.24) is 25.5 Å². The largest absolute Gasteiger partial charge is 0.340 e. The van der Waals surface area contributed by atoms with Gasteiger partial charge in [0, 0.05) is 6.42 Å². The Morgan fingerprint density at radius 3 is 3.27 bits per heavy atom. The molecule has 0 spiro atoms. The first-order valence-electron chi connectivity index (χ1n) is 5.29. The number of nitrogens with zero attached hydrogens (tertiary/aromatic N) is 3. The highest BCUT2D eigenvalue weighted by Gasteiger charge is 2.16. The second-order valence-electron chi connectivity index (χ2n) is 4.01. The summed E-state index contributed by atoms with van der Waals surface area (Å²) in [5.74, 6) is 1.73. The molecule has 0 bridgehead atoms. The van der Waals surface area contributed by atoms with E-state index in [2.05, 4.69) is 25.5 Å². The maximum Gasteiger partial charge on any atom is 0.199 e. The number of nitrogens with one attached hydrogen (secondary N) is 2. The first kappa shape index (κ1) is 8.79. The molecule has 0 amide bonds. The van der Waals surface area contributed by atoms with E-state index in [0.29, 0.717) is 5.92 Å². The third-order valence-electron chi connectivity index (χ3n) is 2.87. The Hall–Kier alpha value is -1.49. The number of H-pyrrole nitrogens is 1. The average molecular weight is 203 g/mol. The summed E-state index contributed by atoms with van der Waals surface area (Å²) in [6.45, 7) is 2.23. The van der Waals surface area contributed by atoms with Crippen LogP contribution >= 0.6 is 0 Å². The molecule has 1 fully saturated rings.